The molecule has 3 rings (SSSR count). The molecule has 23 heavy (non-hydrogen) atoms. The predicted molar refractivity (Wildman–Crippen MR) is 90.1 cm³/mol. The summed E-state index contributed by atoms with van der Waals surface area (Å²) >= 11 is 0. The topological polar surface area (TPSA) is 59.6 Å². The highest BCUT2D eigenvalue weighted by Gasteiger charge is 2.13. The van der Waals surface area contributed by atoms with E-state index in [1.165, 1.54) is 0 Å². The Bertz CT molecular complexity index is 700. The van der Waals surface area contributed by atoms with E-state index in [0.29, 0.717) is 13.0 Å². The number of carbonyl (C=O) groups is 1. The molecule has 0 unspecified atom stereocenters. The van der Waals surface area contributed by atoms with Gasteiger partial charge in [0, 0.05) is 30.4 Å². The summed E-state index contributed by atoms with van der Waals surface area (Å²) in [5.41, 5.74) is 2.95. The van der Waals surface area contributed by atoms with Crippen molar-refractivity contribution in [1.29, 1.82) is 0 Å². The molecule has 0 saturated heterocycles. The van der Waals surface area contributed by atoms with Gasteiger partial charge in [-0.05, 0) is 30.2 Å². The van der Waals surface area contributed by atoms with Gasteiger partial charge >= 0.3 is 0 Å². The van der Waals surface area contributed by atoms with Gasteiger partial charge in [0.15, 0.2) is 11.5 Å². The third kappa shape index (κ3) is 3.74. The smallest absolute Gasteiger partial charge is 0.231 e. The average Bonchev–Trinajstić information content (AvgIpc) is 3.03. The molecule has 0 fully saturated rings. The molecule has 1 amide bonds. The number of anilines is 2. The van der Waals surface area contributed by atoms with Crippen molar-refractivity contribution in [1.82, 2.24) is 0 Å². The maximum Gasteiger partial charge on any atom is 0.231 e. The lowest BCUT2D eigenvalue weighted by atomic mass is 10.1. The number of fused-ring (bicyclic) bond motifs is 1. The van der Waals surface area contributed by atoms with Crippen LogP contribution in [0.15, 0.2) is 42.5 Å². The van der Waals surface area contributed by atoms with E-state index in [0.717, 1.165) is 34.9 Å². The lowest BCUT2D eigenvalue weighted by molar-refractivity contribution is -0.115. The van der Waals surface area contributed by atoms with Crippen LogP contribution in [0.2, 0.25) is 0 Å². The molecule has 5 heteroatoms. The Morgan fingerprint density at radius 1 is 1.13 bits per heavy atom. The van der Waals surface area contributed by atoms with Crippen molar-refractivity contribution >= 4 is 17.3 Å². The van der Waals surface area contributed by atoms with Gasteiger partial charge in [-0.15, -0.1) is 0 Å². The van der Waals surface area contributed by atoms with Crippen LogP contribution >= 0.6 is 0 Å². The van der Waals surface area contributed by atoms with Crippen LogP contribution in [0, 0.1) is 0 Å². The van der Waals surface area contributed by atoms with Gasteiger partial charge in [0.1, 0.15) is 0 Å². The minimum Gasteiger partial charge on any atom is -0.454 e. The number of amides is 1. The maximum atomic E-state index is 12.1. The lowest BCUT2D eigenvalue weighted by Gasteiger charge is -2.10. The summed E-state index contributed by atoms with van der Waals surface area (Å²) < 4.78 is 10.6. The van der Waals surface area contributed by atoms with E-state index in [2.05, 4.69) is 17.6 Å². The fraction of sp³-hybridized carbons (Fsp3) is 0.278. The number of hydrogen-bond donors (Lipinski definition) is 2. The van der Waals surface area contributed by atoms with E-state index >= 15 is 0 Å². The van der Waals surface area contributed by atoms with Crippen LogP contribution in [0.25, 0.3) is 0 Å². The van der Waals surface area contributed by atoms with Gasteiger partial charge in [-0.3, -0.25) is 4.79 Å². The molecule has 1 aliphatic rings. The van der Waals surface area contributed by atoms with E-state index in [1.54, 1.807) is 0 Å². The Labute approximate surface area is 135 Å². The van der Waals surface area contributed by atoms with Crippen molar-refractivity contribution in [3.63, 3.8) is 0 Å². The largest absolute Gasteiger partial charge is 0.454 e. The predicted octanol–water partition coefficient (Wildman–Crippen LogP) is 3.42. The number of carbonyl (C=O) groups excluding carboxylic acids is 1. The number of nitrogens with one attached hydrogen (secondary N) is 2. The SMILES string of the molecule is CCc1ccccc1NC(=O)CCNc1ccc2c(c1)OCO2. The summed E-state index contributed by atoms with van der Waals surface area (Å²) in [6, 6.07) is 13.5. The minimum atomic E-state index is -0.000793. The van der Waals surface area contributed by atoms with Crippen molar-refractivity contribution in [3.05, 3.63) is 48.0 Å². The van der Waals surface area contributed by atoms with E-state index in [1.807, 2.05) is 42.5 Å². The highest BCUT2D eigenvalue weighted by Crippen LogP contribution is 2.34. The molecule has 0 saturated carbocycles. The molecule has 1 aliphatic heterocycles. The first-order valence-corrected chi connectivity index (χ1v) is 7.77. The zero-order valence-electron chi connectivity index (χ0n) is 13.1. The second-order valence-corrected chi connectivity index (χ2v) is 5.30. The van der Waals surface area contributed by atoms with Gasteiger partial charge in [-0.1, -0.05) is 25.1 Å². The van der Waals surface area contributed by atoms with Gasteiger partial charge < -0.3 is 20.1 Å². The van der Waals surface area contributed by atoms with Crippen LogP contribution in [-0.4, -0.2) is 19.2 Å². The normalized spacial score (nSPS) is 12.0. The van der Waals surface area contributed by atoms with Crippen molar-refractivity contribution in [2.24, 2.45) is 0 Å². The van der Waals surface area contributed by atoms with Crippen molar-refractivity contribution in [3.8, 4) is 11.5 Å². The molecule has 0 aliphatic carbocycles. The van der Waals surface area contributed by atoms with Gasteiger partial charge in [-0.2, -0.15) is 0 Å². The van der Waals surface area contributed by atoms with Gasteiger partial charge in [0.25, 0.3) is 0 Å². The molecule has 1 heterocycles. The molecule has 0 aromatic heterocycles. The molecule has 0 atom stereocenters. The first-order chi connectivity index (χ1) is 11.3. The zero-order valence-corrected chi connectivity index (χ0v) is 13.1. The average molecular weight is 312 g/mol. The van der Waals surface area contributed by atoms with E-state index in [9.17, 15) is 4.79 Å². The van der Waals surface area contributed by atoms with Crippen LogP contribution in [0.5, 0.6) is 11.5 Å². The van der Waals surface area contributed by atoms with Crippen molar-refractivity contribution < 1.29 is 14.3 Å². The molecule has 0 bridgehead atoms. The Hall–Kier alpha value is -2.69. The van der Waals surface area contributed by atoms with Crippen LogP contribution in [0.1, 0.15) is 18.9 Å². The third-order valence-electron chi connectivity index (χ3n) is 3.73. The fourth-order valence-corrected chi connectivity index (χ4v) is 2.49. The first-order valence-electron chi connectivity index (χ1n) is 7.77. The second-order valence-electron chi connectivity index (χ2n) is 5.30. The zero-order chi connectivity index (χ0) is 16.1. The molecule has 5 nitrogen and oxygen atoms in total. The third-order valence-corrected chi connectivity index (χ3v) is 3.73. The Kier molecular flexibility index (Phi) is 4.66. The second kappa shape index (κ2) is 7.05. The molecule has 0 radical (unpaired) electrons. The minimum absolute atomic E-state index is 0.000793. The summed E-state index contributed by atoms with van der Waals surface area (Å²) in [5, 5.41) is 6.19. The first kappa shape index (κ1) is 15.2. The fourth-order valence-electron chi connectivity index (χ4n) is 2.49. The Balaban J connectivity index is 1.49. The lowest BCUT2D eigenvalue weighted by Crippen LogP contribution is -2.17. The van der Waals surface area contributed by atoms with Gasteiger partial charge in [-0.25, -0.2) is 0 Å². The van der Waals surface area contributed by atoms with Crippen molar-refractivity contribution in [2.75, 3.05) is 24.0 Å². The summed E-state index contributed by atoms with van der Waals surface area (Å²) in [7, 11) is 0. The van der Waals surface area contributed by atoms with Crippen LogP contribution in [-0.2, 0) is 11.2 Å². The monoisotopic (exact) mass is 312 g/mol. The quantitative estimate of drug-likeness (QED) is 0.858. The summed E-state index contributed by atoms with van der Waals surface area (Å²) in [5.74, 6) is 1.49. The Morgan fingerprint density at radius 2 is 1.96 bits per heavy atom. The highest BCUT2D eigenvalue weighted by atomic mass is 16.7. The molecule has 2 aromatic rings. The summed E-state index contributed by atoms with van der Waals surface area (Å²) in [4.78, 5) is 12.1. The van der Waals surface area contributed by atoms with E-state index < -0.39 is 0 Å². The molecule has 0 spiro atoms. The van der Waals surface area contributed by atoms with E-state index in [4.69, 9.17) is 9.47 Å². The van der Waals surface area contributed by atoms with Gasteiger partial charge in [0.05, 0.1) is 0 Å². The molecular formula is C18H20N2O3. The number of para-hydroxylation sites is 1. The molecular weight excluding hydrogens is 292 g/mol. The van der Waals surface area contributed by atoms with E-state index in [-0.39, 0.29) is 12.7 Å². The number of benzene rings is 2. The molecule has 2 aromatic carbocycles. The summed E-state index contributed by atoms with van der Waals surface area (Å²) in [6.07, 6.45) is 1.29. The number of aryl methyl sites for hydroxylation is 1. The Morgan fingerprint density at radius 3 is 2.83 bits per heavy atom. The van der Waals surface area contributed by atoms with Crippen LogP contribution in [0.4, 0.5) is 11.4 Å². The number of rotatable bonds is 6. The molecule has 2 N–H and O–H groups in total. The van der Waals surface area contributed by atoms with Crippen LogP contribution < -0.4 is 20.1 Å². The molecule has 120 valence electrons. The van der Waals surface area contributed by atoms with Crippen LogP contribution in [0.3, 0.4) is 0 Å². The highest BCUT2D eigenvalue weighted by molar-refractivity contribution is 5.91. The van der Waals surface area contributed by atoms with Gasteiger partial charge in [0.2, 0.25) is 12.7 Å². The summed E-state index contributed by atoms with van der Waals surface area (Å²) in [6.45, 7) is 2.89. The maximum absolute atomic E-state index is 12.1. The number of hydrogen-bond acceptors (Lipinski definition) is 4. The standard InChI is InChI=1S/C18H20N2O3/c1-2-13-5-3-4-6-15(13)20-18(21)9-10-19-14-7-8-16-17(11-14)23-12-22-16/h3-8,11,19H,2,9-10,12H2,1H3,(H,20,21). The van der Waals surface area contributed by atoms with Crippen molar-refractivity contribution in [2.45, 2.75) is 19.8 Å². The number of ether oxygens (including phenoxy) is 2.